The Balaban J connectivity index is 2.08. The molecule has 1 aliphatic rings. The molecule has 4 nitrogen and oxygen atoms in total. The summed E-state index contributed by atoms with van der Waals surface area (Å²) in [6.45, 7) is 1.90. The van der Waals surface area contributed by atoms with E-state index in [1.54, 1.807) is 12.1 Å². The summed E-state index contributed by atoms with van der Waals surface area (Å²) in [5.41, 5.74) is 1.78. The Morgan fingerprint density at radius 2 is 2.25 bits per heavy atom. The average molecular weight is 312 g/mol. The van der Waals surface area contributed by atoms with Crippen molar-refractivity contribution in [2.24, 2.45) is 0 Å². The molecule has 2 rings (SSSR count). The number of thioether (sulfide) groups is 1. The average Bonchev–Trinajstić information content (AvgIpc) is 2.89. The van der Waals surface area contributed by atoms with Crippen LogP contribution in [-0.4, -0.2) is 39.6 Å². The van der Waals surface area contributed by atoms with Crippen molar-refractivity contribution in [1.29, 1.82) is 0 Å². The van der Waals surface area contributed by atoms with Gasteiger partial charge in [0.05, 0.1) is 5.88 Å². The van der Waals surface area contributed by atoms with E-state index in [1.165, 1.54) is 22.7 Å². The molecule has 0 aromatic heterocycles. The number of carboxylic acids is 1. The summed E-state index contributed by atoms with van der Waals surface area (Å²) in [4.78, 5) is 24.4. The molecule has 0 unspecified atom stereocenters. The molecule has 20 heavy (non-hydrogen) atoms. The van der Waals surface area contributed by atoms with Crippen molar-refractivity contribution in [3.05, 3.63) is 40.4 Å². The van der Waals surface area contributed by atoms with Crippen molar-refractivity contribution in [2.75, 3.05) is 11.6 Å². The van der Waals surface area contributed by atoms with Crippen LogP contribution in [-0.2, 0) is 9.59 Å². The summed E-state index contributed by atoms with van der Waals surface area (Å²) in [6.07, 6.45) is 3.04. The van der Waals surface area contributed by atoms with Crippen LogP contribution < -0.4 is 0 Å². The van der Waals surface area contributed by atoms with E-state index in [4.69, 9.17) is 16.7 Å². The second-order valence-electron chi connectivity index (χ2n) is 4.50. The van der Waals surface area contributed by atoms with E-state index in [2.05, 4.69) is 0 Å². The highest BCUT2D eigenvalue weighted by Gasteiger charge is 2.33. The van der Waals surface area contributed by atoms with Gasteiger partial charge >= 0.3 is 5.97 Å². The summed E-state index contributed by atoms with van der Waals surface area (Å²) >= 11 is 7.45. The fraction of sp³-hybridized carbons (Fsp3) is 0.286. The van der Waals surface area contributed by atoms with Crippen molar-refractivity contribution >= 4 is 41.3 Å². The zero-order valence-electron chi connectivity index (χ0n) is 10.9. The molecule has 106 valence electrons. The van der Waals surface area contributed by atoms with E-state index < -0.39 is 12.0 Å². The van der Waals surface area contributed by atoms with Gasteiger partial charge in [-0.05, 0) is 30.2 Å². The predicted molar refractivity (Wildman–Crippen MR) is 80.8 cm³/mol. The van der Waals surface area contributed by atoms with Gasteiger partial charge in [-0.2, -0.15) is 0 Å². The number of benzene rings is 1. The number of carbonyl (C=O) groups is 2. The minimum atomic E-state index is -0.963. The monoisotopic (exact) mass is 311 g/mol. The topological polar surface area (TPSA) is 57.6 Å². The molecular weight excluding hydrogens is 298 g/mol. The molecule has 0 aliphatic carbocycles. The maximum Gasteiger partial charge on any atom is 0.327 e. The summed E-state index contributed by atoms with van der Waals surface area (Å²) < 4.78 is 0. The maximum atomic E-state index is 12.0. The number of amides is 1. The smallest absolute Gasteiger partial charge is 0.327 e. The zero-order valence-corrected chi connectivity index (χ0v) is 12.4. The van der Waals surface area contributed by atoms with E-state index in [0.717, 1.165) is 11.1 Å². The van der Waals surface area contributed by atoms with Crippen LogP contribution in [0.3, 0.4) is 0 Å². The second kappa shape index (κ2) is 6.33. The summed E-state index contributed by atoms with van der Waals surface area (Å²) in [6, 6.07) is 4.77. The normalized spacial score (nSPS) is 18.7. The van der Waals surface area contributed by atoms with Crippen molar-refractivity contribution in [1.82, 2.24) is 4.90 Å². The number of aryl methyl sites for hydroxylation is 1. The lowest BCUT2D eigenvalue weighted by molar-refractivity contribution is -0.146. The Kier molecular flexibility index (Phi) is 4.73. The lowest BCUT2D eigenvalue weighted by Crippen LogP contribution is -2.40. The minimum absolute atomic E-state index is 0.293. The molecule has 6 heteroatoms. The first-order valence-electron chi connectivity index (χ1n) is 6.04. The number of halogens is 1. The zero-order chi connectivity index (χ0) is 14.7. The van der Waals surface area contributed by atoms with Crippen LogP contribution in [0.15, 0.2) is 24.3 Å². The van der Waals surface area contributed by atoms with Crippen LogP contribution in [0.4, 0.5) is 0 Å². The molecule has 1 heterocycles. The fourth-order valence-electron chi connectivity index (χ4n) is 1.84. The highest BCUT2D eigenvalue weighted by Crippen LogP contribution is 2.22. The lowest BCUT2D eigenvalue weighted by atomic mass is 10.1. The molecular formula is C14H14ClNO3S. The minimum Gasteiger partial charge on any atom is -0.480 e. The number of rotatable bonds is 3. The first-order valence-corrected chi connectivity index (χ1v) is 7.57. The van der Waals surface area contributed by atoms with Crippen molar-refractivity contribution < 1.29 is 14.7 Å². The Labute approximate surface area is 126 Å². The van der Waals surface area contributed by atoms with Gasteiger partial charge in [-0.1, -0.05) is 23.7 Å². The van der Waals surface area contributed by atoms with Crippen molar-refractivity contribution in [3.63, 3.8) is 0 Å². The Morgan fingerprint density at radius 1 is 1.50 bits per heavy atom. The molecule has 0 bridgehead atoms. The van der Waals surface area contributed by atoms with Crippen LogP contribution in [0.25, 0.3) is 6.08 Å². The van der Waals surface area contributed by atoms with Crippen LogP contribution >= 0.6 is 23.4 Å². The standard InChI is InChI=1S/C14H14ClNO3S/c1-9-2-3-10(6-11(9)15)4-5-13(17)16-8-20-7-12(16)14(18)19/h2-6,12H,7-8H2,1H3,(H,18,19)/b5-4+/t12-/m0/s1. The molecule has 1 aromatic carbocycles. The summed E-state index contributed by atoms with van der Waals surface area (Å²) in [7, 11) is 0. The van der Waals surface area contributed by atoms with Gasteiger partial charge in [-0.3, -0.25) is 4.79 Å². The van der Waals surface area contributed by atoms with Crippen LogP contribution in [0.1, 0.15) is 11.1 Å². The highest BCUT2D eigenvalue weighted by atomic mass is 35.5. The predicted octanol–water partition coefficient (Wildman–Crippen LogP) is 2.65. The quantitative estimate of drug-likeness (QED) is 0.872. The van der Waals surface area contributed by atoms with Gasteiger partial charge in [0.25, 0.3) is 0 Å². The molecule has 1 amide bonds. The summed E-state index contributed by atoms with van der Waals surface area (Å²) in [5.74, 6) is -0.408. The van der Waals surface area contributed by atoms with Gasteiger partial charge < -0.3 is 10.0 Å². The molecule has 1 atom stereocenters. The van der Waals surface area contributed by atoms with E-state index in [-0.39, 0.29) is 5.91 Å². The third kappa shape index (κ3) is 3.35. The second-order valence-corrected chi connectivity index (χ2v) is 5.91. The molecule has 1 aromatic rings. The number of nitrogens with zero attached hydrogens (tertiary/aromatic N) is 1. The number of carbonyl (C=O) groups excluding carboxylic acids is 1. The van der Waals surface area contributed by atoms with Gasteiger partial charge in [0.15, 0.2) is 0 Å². The van der Waals surface area contributed by atoms with E-state index in [9.17, 15) is 9.59 Å². The van der Waals surface area contributed by atoms with Gasteiger partial charge in [0.2, 0.25) is 5.91 Å². The van der Waals surface area contributed by atoms with Crippen molar-refractivity contribution in [3.8, 4) is 0 Å². The SMILES string of the molecule is Cc1ccc(/C=C/C(=O)N2CSC[C@H]2C(=O)O)cc1Cl. The van der Waals surface area contributed by atoms with E-state index in [1.807, 2.05) is 19.1 Å². The van der Waals surface area contributed by atoms with Gasteiger partial charge in [-0.15, -0.1) is 11.8 Å². The lowest BCUT2D eigenvalue weighted by Gasteiger charge is -2.18. The van der Waals surface area contributed by atoms with Crippen molar-refractivity contribution in [2.45, 2.75) is 13.0 Å². The summed E-state index contributed by atoms with van der Waals surface area (Å²) in [5, 5.41) is 9.67. The number of hydrogen-bond donors (Lipinski definition) is 1. The first-order chi connectivity index (χ1) is 9.49. The maximum absolute atomic E-state index is 12.0. The molecule has 0 spiro atoms. The third-order valence-electron chi connectivity index (χ3n) is 3.06. The first kappa shape index (κ1) is 14.9. The Morgan fingerprint density at radius 3 is 2.90 bits per heavy atom. The number of carboxylic acid groups (broad SMARTS) is 1. The molecule has 1 aliphatic heterocycles. The van der Waals surface area contributed by atoms with Crippen LogP contribution in [0, 0.1) is 6.92 Å². The van der Waals surface area contributed by atoms with E-state index >= 15 is 0 Å². The molecule has 1 saturated heterocycles. The highest BCUT2D eigenvalue weighted by molar-refractivity contribution is 7.99. The third-order valence-corrected chi connectivity index (χ3v) is 4.48. The van der Waals surface area contributed by atoms with Gasteiger partial charge in [0, 0.05) is 16.9 Å². The number of aliphatic carboxylic acids is 1. The Bertz CT molecular complexity index is 574. The largest absolute Gasteiger partial charge is 0.480 e. The molecule has 1 N–H and O–H groups in total. The number of hydrogen-bond acceptors (Lipinski definition) is 3. The van der Waals surface area contributed by atoms with Crippen LogP contribution in [0.5, 0.6) is 0 Å². The van der Waals surface area contributed by atoms with Crippen LogP contribution in [0.2, 0.25) is 5.02 Å². The molecule has 0 radical (unpaired) electrons. The molecule has 0 saturated carbocycles. The van der Waals surface area contributed by atoms with Gasteiger partial charge in [-0.25, -0.2) is 4.79 Å². The van der Waals surface area contributed by atoms with Gasteiger partial charge in [0.1, 0.15) is 6.04 Å². The molecule has 1 fully saturated rings. The Hall–Kier alpha value is -1.46. The fourth-order valence-corrected chi connectivity index (χ4v) is 3.18. The van der Waals surface area contributed by atoms with E-state index in [0.29, 0.717) is 16.7 Å².